The summed E-state index contributed by atoms with van der Waals surface area (Å²) in [7, 11) is 0. The van der Waals surface area contributed by atoms with E-state index in [9.17, 15) is 14.7 Å². The van der Waals surface area contributed by atoms with Crippen molar-refractivity contribution in [3.8, 4) is 0 Å². The highest BCUT2D eigenvalue weighted by Gasteiger charge is 2.38. The molecule has 0 unspecified atom stereocenters. The van der Waals surface area contributed by atoms with E-state index in [4.69, 9.17) is 23.8 Å². The fourth-order valence-electron chi connectivity index (χ4n) is 2.71. The Hall–Kier alpha value is -1.66. The molecule has 0 atom stereocenters. The summed E-state index contributed by atoms with van der Waals surface area (Å²) < 4.78 is 0. The maximum Gasteiger partial charge on any atom is 0.265 e. The topological polar surface area (TPSA) is 60.9 Å². The normalized spacial score (nSPS) is 21.6. The van der Waals surface area contributed by atoms with Crippen molar-refractivity contribution >= 4 is 40.7 Å². The molecule has 1 aliphatic heterocycles. The number of carbonyl (C=O) groups excluding carboxylic acids is 2. The predicted octanol–water partition coefficient (Wildman–Crippen LogP) is 3.03. The van der Waals surface area contributed by atoms with E-state index in [-0.39, 0.29) is 10.7 Å². The highest BCUT2D eigenvalue weighted by Crippen LogP contribution is 2.34. The third-order valence-corrected chi connectivity index (χ3v) is 4.90. The van der Waals surface area contributed by atoms with Gasteiger partial charge < -0.3 is 5.11 Å². The quantitative estimate of drug-likeness (QED) is 0.366. The Kier molecular flexibility index (Phi) is 5.59. The van der Waals surface area contributed by atoms with E-state index >= 15 is 0 Å². The summed E-state index contributed by atoms with van der Waals surface area (Å²) in [6, 6.07) is 0. The summed E-state index contributed by atoms with van der Waals surface area (Å²) in [5.74, 6) is -0.798. The maximum absolute atomic E-state index is 12.6. The van der Waals surface area contributed by atoms with Crippen LogP contribution in [0.4, 0.5) is 0 Å². The van der Waals surface area contributed by atoms with Crippen LogP contribution < -0.4 is 0 Å². The van der Waals surface area contributed by atoms with Gasteiger partial charge in [0.15, 0.2) is 5.11 Å². The molecule has 0 aromatic rings. The Labute approximate surface area is 145 Å². The van der Waals surface area contributed by atoms with Crippen LogP contribution in [0.25, 0.3) is 0 Å². The molecule has 0 spiro atoms. The smallest absolute Gasteiger partial charge is 0.265 e. The van der Waals surface area contributed by atoms with E-state index in [2.05, 4.69) is 0 Å². The van der Waals surface area contributed by atoms with Gasteiger partial charge in [-0.3, -0.25) is 19.4 Å². The summed E-state index contributed by atoms with van der Waals surface area (Å²) in [4.78, 5) is 27.9. The molecule has 1 aliphatic carbocycles. The molecule has 1 saturated heterocycles. The minimum absolute atomic E-state index is 0.0645. The Morgan fingerprint density at radius 2 is 1.74 bits per heavy atom. The van der Waals surface area contributed by atoms with Gasteiger partial charge in [0.2, 0.25) is 0 Å². The number of rotatable bonds is 3. The standard InChI is InChI=1S/C16H19ClN2O3S/c1-3-18-14(21)12(15(22)19(4-2)16(18)23)8-10-6-5-7-11(9-20)13(10)17/h8-9,20H,3-7H2,1-2H3/b11-9+. The van der Waals surface area contributed by atoms with Crippen molar-refractivity contribution in [1.82, 2.24) is 9.80 Å². The molecular weight excluding hydrogens is 336 g/mol. The SMILES string of the molecule is CCN1C(=O)C(=CC2=C(Cl)/C(=C/O)CCC2)C(=O)N(CC)C1=S. The van der Waals surface area contributed by atoms with Gasteiger partial charge in [-0.25, -0.2) is 0 Å². The van der Waals surface area contributed by atoms with Crippen LogP contribution in [0.2, 0.25) is 0 Å². The van der Waals surface area contributed by atoms with Crippen molar-refractivity contribution in [3.63, 3.8) is 0 Å². The summed E-state index contributed by atoms with van der Waals surface area (Å²) in [6.07, 6.45) is 4.66. The number of carbonyl (C=O) groups is 2. The zero-order valence-electron chi connectivity index (χ0n) is 13.1. The average molecular weight is 355 g/mol. The number of aliphatic hydroxyl groups excluding tert-OH is 1. The first-order valence-electron chi connectivity index (χ1n) is 7.57. The zero-order valence-corrected chi connectivity index (χ0v) is 14.7. The molecule has 1 heterocycles. The van der Waals surface area contributed by atoms with Gasteiger partial charge in [-0.2, -0.15) is 0 Å². The van der Waals surface area contributed by atoms with Gasteiger partial charge in [-0.1, -0.05) is 11.6 Å². The van der Waals surface area contributed by atoms with Crippen LogP contribution in [0.1, 0.15) is 33.1 Å². The molecule has 0 radical (unpaired) electrons. The van der Waals surface area contributed by atoms with Crippen LogP contribution in [0.15, 0.2) is 34.1 Å². The molecule has 2 amide bonds. The van der Waals surface area contributed by atoms with Crippen LogP contribution >= 0.6 is 23.8 Å². The Morgan fingerprint density at radius 1 is 1.17 bits per heavy atom. The summed E-state index contributed by atoms with van der Waals surface area (Å²) in [6.45, 7) is 4.41. The lowest BCUT2D eigenvalue weighted by Crippen LogP contribution is -2.55. The number of halogens is 1. The van der Waals surface area contributed by atoms with Crippen molar-refractivity contribution in [1.29, 1.82) is 0 Å². The van der Waals surface area contributed by atoms with Crippen LogP contribution in [-0.4, -0.2) is 44.9 Å². The van der Waals surface area contributed by atoms with Crippen LogP contribution in [0.3, 0.4) is 0 Å². The fraction of sp³-hybridized carbons (Fsp3) is 0.438. The predicted molar refractivity (Wildman–Crippen MR) is 92.9 cm³/mol. The molecule has 5 nitrogen and oxygen atoms in total. The van der Waals surface area contributed by atoms with Gasteiger partial charge in [0.25, 0.3) is 11.8 Å². The highest BCUT2D eigenvalue weighted by atomic mass is 35.5. The molecule has 0 aromatic carbocycles. The van der Waals surface area contributed by atoms with Gasteiger partial charge in [-0.15, -0.1) is 0 Å². The molecule has 0 aromatic heterocycles. The summed E-state index contributed by atoms with van der Waals surface area (Å²) in [5.41, 5.74) is 1.38. The fourth-order valence-corrected chi connectivity index (χ4v) is 3.43. The zero-order chi connectivity index (χ0) is 17.1. The number of hydrogen-bond donors (Lipinski definition) is 1. The molecule has 7 heteroatoms. The Morgan fingerprint density at radius 3 is 2.22 bits per heavy atom. The minimum Gasteiger partial charge on any atom is -0.515 e. The second-order valence-electron chi connectivity index (χ2n) is 5.29. The number of nitrogens with zero attached hydrogens (tertiary/aromatic N) is 2. The first-order chi connectivity index (χ1) is 11.0. The lowest BCUT2D eigenvalue weighted by molar-refractivity contribution is -0.133. The first-order valence-corrected chi connectivity index (χ1v) is 8.36. The van der Waals surface area contributed by atoms with Gasteiger partial charge in [0.1, 0.15) is 5.57 Å². The molecule has 23 heavy (non-hydrogen) atoms. The van der Waals surface area contributed by atoms with E-state index in [1.807, 2.05) is 13.8 Å². The largest absolute Gasteiger partial charge is 0.515 e. The van der Waals surface area contributed by atoms with Crippen LogP contribution in [0, 0.1) is 0 Å². The molecule has 0 bridgehead atoms. The molecular formula is C16H19ClN2O3S. The Balaban J connectivity index is 2.49. The molecule has 2 rings (SSSR count). The molecule has 1 N–H and O–H groups in total. The van der Waals surface area contributed by atoms with Gasteiger partial charge in [0, 0.05) is 18.7 Å². The van der Waals surface area contributed by atoms with Crippen molar-refractivity contribution in [3.05, 3.63) is 34.1 Å². The van der Waals surface area contributed by atoms with Crippen LogP contribution in [-0.2, 0) is 9.59 Å². The van der Waals surface area contributed by atoms with Gasteiger partial charge >= 0.3 is 0 Å². The monoisotopic (exact) mass is 354 g/mol. The summed E-state index contributed by atoms with van der Waals surface area (Å²) in [5, 5.41) is 9.86. The van der Waals surface area contributed by atoms with E-state index < -0.39 is 11.8 Å². The number of allylic oxidation sites excluding steroid dienone is 4. The number of aliphatic hydroxyl groups is 1. The van der Waals surface area contributed by atoms with Gasteiger partial charge in [0.05, 0.1) is 11.3 Å². The lowest BCUT2D eigenvalue weighted by atomic mass is 9.93. The molecule has 124 valence electrons. The van der Waals surface area contributed by atoms with E-state index in [0.717, 1.165) is 12.7 Å². The van der Waals surface area contributed by atoms with E-state index in [1.54, 1.807) is 6.08 Å². The van der Waals surface area contributed by atoms with Crippen molar-refractivity contribution in [2.45, 2.75) is 33.1 Å². The summed E-state index contributed by atoms with van der Waals surface area (Å²) >= 11 is 11.5. The minimum atomic E-state index is -0.399. The van der Waals surface area contributed by atoms with Crippen molar-refractivity contribution < 1.29 is 14.7 Å². The van der Waals surface area contributed by atoms with Crippen molar-refractivity contribution in [2.75, 3.05) is 13.1 Å². The molecule has 1 fully saturated rings. The maximum atomic E-state index is 12.6. The number of likely N-dealkylation sites (N-methyl/N-ethyl adjacent to an activating group) is 2. The second-order valence-corrected chi connectivity index (χ2v) is 6.03. The van der Waals surface area contributed by atoms with Crippen LogP contribution in [0.5, 0.6) is 0 Å². The average Bonchev–Trinajstić information content (AvgIpc) is 2.54. The number of thiocarbonyl (C=S) groups is 1. The third kappa shape index (κ3) is 3.19. The van der Waals surface area contributed by atoms with Crippen molar-refractivity contribution in [2.24, 2.45) is 0 Å². The molecule has 0 saturated carbocycles. The number of amides is 2. The van der Waals surface area contributed by atoms with Gasteiger partial charge in [-0.05, 0) is 57.0 Å². The Bertz CT molecular complexity index is 624. The lowest BCUT2D eigenvalue weighted by Gasteiger charge is -2.35. The van der Waals surface area contributed by atoms with E-state index in [1.165, 1.54) is 9.80 Å². The highest BCUT2D eigenvalue weighted by molar-refractivity contribution is 7.80. The van der Waals surface area contributed by atoms with E-state index in [0.29, 0.717) is 42.1 Å². The second kappa shape index (κ2) is 7.27. The number of hydrogen-bond acceptors (Lipinski definition) is 4. The first kappa shape index (κ1) is 17.7. The molecule has 2 aliphatic rings. The third-order valence-electron chi connectivity index (χ3n) is 3.98.